The van der Waals surface area contributed by atoms with Crippen LogP contribution in [0.5, 0.6) is 0 Å². The Morgan fingerprint density at radius 1 is 1.12 bits per heavy atom. The van der Waals surface area contributed by atoms with E-state index < -0.39 is 0 Å². The molecule has 26 heavy (non-hydrogen) atoms. The third-order valence-electron chi connectivity index (χ3n) is 5.30. The van der Waals surface area contributed by atoms with Crippen LogP contribution in [0.4, 0.5) is 10.1 Å². The molecule has 0 spiro atoms. The van der Waals surface area contributed by atoms with Gasteiger partial charge in [-0.1, -0.05) is 30.3 Å². The fourth-order valence-corrected chi connectivity index (χ4v) is 3.86. The first-order valence-electron chi connectivity index (χ1n) is 9.03. The molecule has 2 aromatic rings. The summed E-state index contributed by atoms with van der Waals surface area (Å²) in [6, 6.07) is 14.3. The summed E-state index contributed by atoms with van der Waals surface area (Å²) in [5.41, 5.74) is 3.16. The van der Waals surface area contributed by atoms with Crippen LogP contribution in [-0.2, 0) is 22.4 Å². The van der Waals surface area contributed by atoms with Crippen molar-refractivity contribution >= 4 is 17.5 Å². The molecule has 0 aromatic heterocycles. The Bertz CT molecular complexity index is 834. The van der Waals surface area contributed by atoms with Crippen molar-refractivity contribution in [3.8, 4) is 0 Å². The standard InChI is InChI=1S/C21H21FN2O2/c22-18-7-5-15(6-8-18)9-11-23-14-17(13-20(23)25)21(26)24-12-10-16-3-1-2-4-19(16)24/h1-8,17H,9-14H2. The van der Waals surface area contributed by atoms with Gasteiger partial charge in [0, 0.05) is 31.7 Å². The zero-order valence-electron chi connectivity index (χ0n) is 14.5. The summed E-state index contributed by atoms with van der Waals surface area (Å²) in [5.74, 6) is -0.463. The van der Waals surface area contributed by atoms with Gasteiger partial charge in [0.05, 0.1) is 5.92 Å². The highest BCUT2D eigenvalue weighted by molar-refractivity contribution is 6.00. The van der Waals surface area contributed by atoms with Crippen molar-refractivity contribution in [3.63, 3.8) is 0 Å². The maximum atomic E-state index is 13.0. The number of para-hydroxylation sites is 1. The number of hydrogen-bond acceptors (Lipinski definition) is 2. The molecule has 134 valence electrons. The van der Waals surface area contributed by atoms with Gasteiger partial charge in [0.15, 0.2) is 0 Å². The van der Waals surface area contributed by atoms with Gasteiger partial charge in [-0.3, -0.25) is 9.59 Å². The van der Waals surface area contributed by atoms with E-state index in [1.807, 2.05) is 23.1 Å². The van der Waals surface area contributed by atoms with Gasteiger partial charge in [-0.25, -0.2) is 4.39 Å². The topological polar surface area (TPSA) is 40.6 Å². The molecule has 1 atom stereocenters. The molecule has 2 aromatic carbocycles. The van der Waals surface area contributed by atoms with E-state index in [2.05, 4.69) is 6.07 Å². The molecule has 2 aliphatic heterocycles. The lowest BCUT2D eigenvalue weighted by molar-refractivity contribution is -0.128. The number of fused-ring (bicyclic) bond motifs is 1. The van der Waals surface area contributed by atoms with Gasteiger partial charge < -0.3 is 9.80 Å². The van der Waals surface area contributed by atoms with E-state index in [0.717, 1.165) is 17.7 Å². The molecule has 1 unspecified atom stereocenters. The second kappa shape index (κ2) is 6.90. The Kier molecular flexibility index (Phi) is 4.45. The second-order valence-electron chi connectivity index (χ2n) is 6.99. The van der Waals surface area contributed by atoms with Crippen LogP contribution in [0.15, 0.2) is 48.5 Å². The fourth-order valence-electron chi connectivity index (χ4n) is 3.86. The SMILES string of the molecule is O=C1CC(C(=O)N2CCc3ccccc32)CN1CCc1ccc(F)cc1. The Morgan fingerprint density at radius 2 is 1.88 bits per heavy atom. The van der Waals surface area contributed by atoms with Crippen molar-refractivity contribution in [1.82, 2.24) is 4.90 Å². The molecular formula is C21H21FN2O2. The largest absolute Gasteiger partial charge is 0.342 e. The maximum Gasteiger partial charge on any atom is 0.232 e. The summed E-state index contributed by atoms with van der Waals surface area (Å²) in [6.07, 6.45) is 1.82. The van der Waals surface area contributed by atoms with Gasteiger partial charge in [-0.2, -0.15) is 0 Å². The van der Waals surface area contributed by atoms with Crippen LogP contribution in [0.25, 0.3) is 0 Å². The average Bonchev–Trinajstić information content (AvgIpc) is 3.24. The number of hydrogen-bond donors (Lipinski definition) is 0. The third kappa shape index (κ3) is 3.21. The molecule has 2 heterocycles. The van der Waals surface area contributed by atoms with Crippen LogP contribution < -0.4 is 4.90 Å². The second-order valence-corrected chi connectivity index (χ2v) is 6.99. The normalized spacial score (nSPS) is 19.1. The Labute approximate surface area is 152 Å². The van der Waals surface area contributed by atoms with Crippen molar-refractivity contribution in [2.24, 2.45) is 5.92 Å². The van der Waals surface area contributed by atoms with Crippen LogP contribution in [0, 0.1) is 11.7 Å². The van der Waals surface area contributed by atoms with Crippen LogP contribution in [0.1, 0.15) is 17.5 Å². The monoisotopic (exact) mass is 352 g/mol. The summed E-state index contributed by atoms with van der Waals surface area (Å²) < 4.78 is 13.0. The van der Waals surface area contributed by atoms with E-state index in [1.165, 1.54) is 17.7 Å². The number of halogens is 1. The number of nitrogens with zero attached hydrogens (tertiary/aromatic N) is 2. The first-order chi connectivity index (χ1) is 12.6. The lowest BCUT2D eigenvalue weighted by atomic mass is 10.1. The highest BCUT2D eigenvalue weighted by Gasteiger charge is 2.38. The van der Waals surface area contributed by atoms with E-state index in [4.69, 9.17) is 0 Å². The van der Waals surface area contributed by atoms with Gasteiger partial charge in [0.1, 0.15) is 5.82 Å². The molecule has 1 fully saturated rings. The van der Waals surface area contributed by atoms with Crippen molar-refractivity contribution < 1.29 is 14.0 Å². The number of amides is 2. The molecule has 0 N–H and O–H groups in total. The smallest absolute Gasteiger partial charge is 0.232 e. The Morgan fingerprint density at radius 3 is 2.69 bits per heavy atom. The number of carbonyl (C=O) groups excluding carboxylic acids is 2. The first kappa shape index (κ1) is 16.8. The number of anilines is 1. The summed E-state index contributed by atoms with van der Waals surface area (Å²) in [5, 5.41) is 0. The highest BCUT2D eigenvalue weighted by atomic mass is 19.1. The van der Waals surface area contributed by atoms with E-state index in [-0.39, 0.29) is 30.0 Å². The molecule has 2 aliphatic rings. The summed E-state index contributed by atoms with van der Waals surface area (Å²) >= 11 is 0. The predicted octanol–water partition coefficient (Wildman–Crippen LogP) is 2.81. The molecular weight excluding hydrogens is 331 g/mol. The van der Waals surface area contributed by atoms with E-state index in [1.54, 1.807) is 17.0 Å². The van der Waals surface area contributed by atoms with E-state index >= 15 is 0 Å². The number of likely N-dealkylation sites (tertiary alicyclic amines) is 1. The van der Waals surface area contributed by atoms with Crippen molar-refractivity contribution in [3.05, 3.63) is 65.5 Å². The lowest BCUT2D eigenvalue weighted by Gasteiger charge is -2.21. The fraction of sp³-hybridized carbons (Fsp3) is 0.333. The molecule has 0 bridgehead atoms. The van der Waals surface area contributed by atoms with Gasteiger partial charge >= 0.3 is 0 Å². The minimum Gasteiger partial charge on any atom is -0.342 e. The zero-order chi connectivity index (χ0) is 18.1. The molecule has 4 rings (SSSR count). The summed E-state index contributed by atoms with van der Waals surface area (Å²) in [4.78, 5) is 28.8. The highest BCUT2D eigenvalue weighted by Crippen LogP contribution is 2.31. The third-order valence-corrected chi connectivity index (χ3v) is 5.30. The molecule has 0 saturated carbocycles. The first-order valence-corrected chi connectivity index (χ1v) is 9.03. The molecule has 0 aliphatic carbocycles. The van der Waals surface area contributed by atoms with E-state index in [9.17, 15) is 14.0 Å². The van der Waals surface area contributed by atoms with Crippen LogP contribution in [0.3, 0.4) is 0 Å². The van der Waals surface area contributed by atoms with Gasteiger partial charge in [-0.15, -0.1) is 0 Å². The van der Waals surface area contributed by atoms with Crippen LogP contribution in [-0.4, -0.2) is 36.3 Å². The number of benzene rings is 2. The minimum absolute atomic E-state index is 0.0259. The van der Waals surface area contributed by atoms with Gasteiger partial charge in [0.25, 0.3) is 0 Å². The maximum absolute atomic E-state index is 13.0. The van der Waals surface area contributed by atoms with E-state index in [0.29, 0.717) is 26.1 Å². The van der Waals surface area contributed by atoms with Gasteiger partial charge in [0.2, 0.25) is 11.8 Å². The minimum atomic E-state index is -0.276. The van der Waals surface area contributed by atoms with Crippen molar-refractivity contribution in [2.45, 2.75) is 19.3 Å². The molecule has 4 nitrogen and oxygen atoms in total. The average molecular weight is 352 g/mol. The number of carbonyl (C=O) groups is 2. The number of rotatable bonds is 4. The van der Waals surface area contributed by atoms with Gasteiger partial charge in [-0.05, 0) is 42.2 Å². The molecule has 0 radical (unpaired) electrons. The summed E-state index contributed by atoms with van der Waals surface area (Å²) in [6.45, 7) is 1.72. The summed E-state index contributed by atoms with van der Waals surface area (Å²) in [7, 11) is 0. The quantitative estimate of drug-likeness (QED) is 0.849. The molecule has 1 saturated heterocycles. The zero-order valence-corrected chi connectivity index (χ0v) is 14.5. The predicted molar refractivity (Wildman–Crippen MR) is 97.3 cm³/mol. The molecule has 5 heteroatoms. The van der Waals surface area contributed by atoms with Crippen molar-refractivity contribution in [1.29, 1.82) is 0 Å². The van der Waals surface area contributed by atoms with Crippen molar-refractivity contribution in [2.75, 3.05) is 24.5 Å². The lowest BCUT2D eigenvalue weighted by Crippen LogP contribution is -2.36. The Balaban J connectivity index is 1.38. The molecule has 2 amide bonds. The van der Waals surface area contributed by atoms with Crippen LogP contribution in [0.2, 0.25) is 0 Å². The van der Waals surface area contributed by atoms with Crippen LogP contribution >= 0.6 is 0 Å². The Hall–Kier alpha value is -2.69.